The van der Waals surface area contributed by atoms with Gasteiger partial charge < -0.3 is 9.47 Å². The van der Waals surface area contributed by atoms with Crippen LogP contribution in [0, 0.1) is 30.1 Å². The Bertz CT molecular complexity index is 333. The molecular weight excluding hydrogens is 228 g/mol. The summed E-state index contributed by atoms with van der Waals surface area (Å²) in [6, 6.07) is 0. The smallest absolute Gasteiger partial charge is 0.335 e. The van der Waals surface area contributed by atoms with Crippen molar-refractivity contribution in [3.05, 3.63) is 18.6 Å². The minimum atomic E-state index is -0.361. The topological polar surface area (TPSA) is 35.5 Å². The number of rotatable bonds is 4. The Labute approximate surface area is 109 Å². The maximum absolute atomic E-state index is 11.3. The second-order valence-electron chi connectivity index (χ2n) is 5.98. The summed E-state index contributed by atoms with van der Waals surface area (Å²) in [6.07, 6.45) is 8.82. The van der Waals surface area contributed by atoms with Gasteiger partial charge in [0.2, 0.25) is 0 Å². The van der Waals surface area contributed by atoms with Gasteiger partial charge in [-0.15, -0.1) is 0 Å². The summed E-state index contributed by atoms with van der Waals surface area (Å²) in [6.45, 7) is 5.28. The SMILES string of the molecule is C=C(C)C(=O)OCOC1C2CC3[C]C(C2)CC1C3. The van der Waals surface area contributed by atoms with Crippen molar-refractivity contribution in [1.29, 1.82) is 0 Å². The summed E-state index contributed by atoms with van der Waals surface area (Å²) in [5, 5.41) is 0. The minimum Gasteiger partial charge on any atom is -0.435 e. The number of hydrogen-bond acceptors (Lipinski definition) is 3. The van der Waals surface area contributed by atoms with Gasteiger partial charge in [0.15, 0.2) is 6.79 Å². The van der Waals surface area contributed by atoms with Gasteiger partial charge in [-0.1, -0.05) is 6.58 Å². The second-order valence-corrected chi connectivity index (χ2v) is 5.98. The van der Waals surface area contributed by atoms with Crippen molar-refractivity contribution in [2.75, 3.05) is 6.79 Å². The largest absolute Gasteiger partial charge is 0.435 e. The molecule has 2 radical (unpaired) electrons. The van der Waals surface area contributed by atoms with Crippen LogP contribution in [0.25, 0.3) is 0 Å². The van der Waals surface area contributed by atoms with Crippen molar-refractivity contribution < 1.29 is 14.3 Å². The Morgan fingerprint density at radius 3 is 2.28 bits per heavy atom. The summed E-state index contributed by atoms with van der Waals surface area (Å²) >= 11 is 0. The summed E-state index contributed by atoms with van der Waals surface area (Å²) < 4.78 is 10.9. The van der Waals surface area contributed by atoms with Crippen molar-refractivity contribution in [2.45, 2.75) is 38.7 Å². The Kier molecular flexibility index (Phi) is 3.18. The first-order valence-corrected chi connectivity index (χ1v) is 6.83. The molecule has 0 aromatic rings. The molecular formula is C15H20O3. The molecule has 4 rings (SSSR count). The molecule has 0 aliphatic heterocycles. The molecule has 0 unspecified atom stereocenters. The molecule has 4 fully saturated rings. The monoisotopic (exact) mass is 248 g/mol. The molecule has 3 nitrogen and oxygen atoms in total. The van der Waals surface area contributed by atoms with Gasteiger partial charge in [0.1, 0.15) is 0 Å². The number of ether oxygens (including phenoxy) is 2. The average Bonchev–Trinajstić information content (AvgIpc) is 2.31. The van der Waals surface area contributed by atoms with E-state index in [-0.39, 0.29) is 18.9 Å². The molecule has 0 atom stereocenters. The number of carbonyl (C=O) groups excluding carboxylic acids is 1. The van der Waals surface area contributed by atoms with Crippen molar-refractivity contribution >= 4 is 5.97 Å². The lowest BCUT2D eigenvalue weighted by Crippen LogP contribution is -2.49. The van der Waals surface area contributed by atoms with Crippen LogP contribution >= 0.6 is 0 Å². The molecule has 3 heteroatoms. The zero-order valence-corrected chi connectivity index (χ0v) is 10.9. The lowest BCUT2D eigenvalue weighted by molar-refractivity contribution is -0.178. The fraction of sp³-hybridized carbons (Fsp3) is 0.733. The zero-order chi connectivity index (χ0) is 12.7. The summed E-state index contributed by atoms with van der Waals surface area (Å²) in [5.41, 5.74) is 0.424. The first-order valence-electron chi connectivity index (χ1n) is 6.83. The average molecular weight is 248 g/mol. The van der Waals surface area contributed by atoms with E-state index in [2.05, 4.69) is 13.0 Å². The molecule has 4 bridgehead atoms. The van der Waals surface area contributed by atoms with Crippen LogP contribution in [0.2, 0.25) is 0 Å². The molecule has 4 aliphatic carbocycles. The van der Waals surface area contributed by atoms with Crippen LogP contribution in [0.1, 0.15) is 32.6 Å². The van der Waals surface area contributed by atoms with Crippen LogP contribution in [0.15, 0.2) is 12.2 Å². The molecule has 0 saturated heterocycles. The van der Waals surface area contributed by atoms with E-state index in [0.717, 1.165) is 0 Å². The highest BCUT2D eigenvalue weighted by Gasteiger charge is 2.49. The number of carbonyl (C=O) groups is 1. The van der Waals surface area contributed by atoms with E-state index in [1.807, 2.05) is 0 Å². The maximum Gasteiger partial charge on any atom is 0.335 e. The Morgan fingerprint density at radius 1 is 1.22 bits per heavy atom. The first kappa shape index (κ1) is 12.2. The highest BCUT2D eigenvalue weighted by molar-refractivity contribution is 5.86. The van der Waals surface area contributed by atoms with E-state index in [1.54, 1.807) is 6.92 Å². The van der Waals surface area contributed by atoms with Crippen LogP contribution in [0.5, 0.6) is 0 Å². The molecule has 0 N–H and O–H groups in total. The Hall–Kier alpha value is -0.830. The third-order valence-corrected chi connectivity index (χ3v) is 4.55. The molecule has 18 heavy (non-hydrogen) atoms. The molecule has 98 valence electrons. The zero-order valence-electron chi connectivity index (χ0n) is 10.9. The van der Waals surface area contributed by atoms with Crippen LogP contribution in [-0.2, 0) is 14.3 Å². The van der Waals surface area contributed by atoms with Crippen molar-refractivity contribution in [3.63, 3.8) is 0 Å². The van der Waals surface area contributed by atoms with Gasteiger partial charge in [0.05, 0.1) is 6.10 Å². The van der Waals surface area contributed by atoms with Crippen molar-refractivity contribution in [3.8, 4) is 0 Å². The normalized spacial score (nSPS) is 40.8. The maximum atomic E-state index is 11.3. The fourth-order valence-electron chi connectivity index (χ4n) is 3.94. The summed E-state index contributed by atoms with van der Waals surface area (Å²) in [7, 11) is 0. The van der Waals surface area contributed by atoms with Gasteiger partial charge in [-0.25, -0.2) is 4.79 Å². The van der Waals surface area contributed by atoms with E-state index in [9.17, 15) is 4.79 Å². The lowest BCUT2D eigenvalue weighted by Gasteiger charge is -2.53. The first-order chi connectivity index (χ1) is 8.63. The van der Waals surface area contributed by atoms with Crippen LogP contribution in [-0.4, -0.2) is 18.9 Å². The van der Waals surface area contributed by atoms with E-state index < -0.39 is 0 Å². The van der Waals surface area contributed by atoms with Gasteiger partial charge in [-0.05, 0) is 62.7 Å². The molecule has 0 amide bonds. The summed E-state index contributed by atoms with van der Waals surface area (Å²) in [4.78, 5) is 11.3. The van der Waals surface area contributed by atoms with Crippen molar-refractivity contribution in [1.82, 2.24) is 0 Å². The van der Waals surface area contributed by atoms with Crippen molar-refractivity contribution in [2.24, 2.45) is 23.7 Å². The van der Waals surface area contributed by atoms with Crippen LogP contribution in [0.4, 0.5) is 0 Å². The quantitative estimate of drug-likeness (QED) is 0.436. The molecule has 0 aromatic carbocycles. The van der Waals surface area contributed by atoms with Gasteiger partial charge in [0.25, 0.3) is 0 Å². The molecule has 4 aliphatic rings. The predicted molar refractivity (Wildman–Crippen MR) is 66.3 cm³/mol. The van der Waals surface area contributed by atoms with Gasteiger partial charge in [0, 0.05) is 5.57 Å². The van der Waals surface area contributed by atoms with Gasteiger partial charge in [-0.3, -0.25) is 0 Å². The fourth-order valence-corrected chi connectivity index (χ4v) is 3.94. The highest BCUT2D eigenvalue weighted by atomic mass is 16.7. The minimum absolute atomic E-state index is 0.0755. The molecule has 0 aromatic heterocycles. The molecule has 0 spiro atoms. The highest BCUT2D eigenvalue weighted by Crippen LogP contribution is 2.54. The van der Waals surface area contributed by atoms with Crippen LogP contribution < -0.4 is 0 Å². The number of hydrogen-bond donors (Lipinski definition) is 0. The van der Waals surface area contributed by atoms with E-state index in [0.29, 0.717) is 29.2 Å². The summed E-state index contributed by atoms with van der Waals surface area (Å²) in [5.74, 6) is 2.34. The van der Waals surface area contributed by atoms with E-state index >= 15 is 0 Å². The second kappa shape index (κ2) is 4.69. The number of esters is 1. The van der Waals surface area contributed by atoms with Gasteiger partial charge >= 0.3 is 5.97 Å². The third-order valence-electron chi connectivity index (χ3n) is 4.55. The van der Waals surface area contributed by atoms with E-state index in [4.69, 9.17) is 9.47 Å². The third kappa shape index (κ3) is 2.20. The lowest BCUT2D eigenvalue weighted by atomic mass is 9.55. The van der Waals surface area contributed by atoms with Gasteiger partial charge in [-0.2, -0.15) is 0 Å². The predicted octanol–water partition coefficient (Wildman–Crippen LogP) is 2.60. The molecule has 4 saturated carbocycles. The molecule has 0 heterocycles. The van der Waals surface area contributed by atoms with E-state index in [1.165, 1.54) is 25.7 Å². The van der Waals surface area contributed by atoms with Crippen LogP contribution in [0.3, 0.4) is 0 Å². The Morgan fingerprint density at radius 2 is 1.78 bits per heavy atom. The standard InChI is InChI=1S/C15H20O3/c1-9(2)15(16)18-8-17-14-12-4-10-3-11(6-12)7-13(14)5-10/h10-14H,1,4-8H2,2H3. The Balaban J connectivity index is 1.51.